The van der Waals surface area contributed by atoms with E-state index >= 15 is 0 Å². The Balaban J connectivity index is 2.64. The number of rotatable bonds is 2. The maximum atomic E-state index is 12.9. The van der Waals surface area contributed by atoms with E-state index in [1.54, 1.807) is 6.92 Å². The van der Waals surface area contributed by atoms with Gasteiger partial charge < -0.3 is 10.4 Å². The van der Waals surface area contributed by atoms with Crippen LogP contribution in [0.1, 0.15) is 13.3 Å². The predicted octanol–water partition coefficient (Wildman–Crippen LogP) is -0.159. The molecule has 64 valence electrons. The zero-order chi connectivity index (χ0) is 8.43. The van der Waals surface area contributed by atoms with Crippen LogP contribution in [0.2, 0.25) is 0 Å². The van der Waals surface area contributed by atoms with E-state index in [1.807, 2.05) is 0 Å². The minimum absolute atomic E-state index is 0.176. The zero-order valence-electron chi connectivity index (χ0n) is 6.38. The molecular weight excluding hydrogens is 149 g/mol. The average Bonchev–Trinajstić information content (AvgIpc) is 2.28. The number of aliphatic hydroxyl groups excluding tert-OH is 1. The Labute approximate surface area is 64.6 Å². The number of hydrogen-bond donors (Lipinski definition) is 2. The SMILES string of the molecule is CC[C@@H]1[C@H](F)C(=O)N[C@@H]1CO. The van der Waals surface area contributed by atoms with Crippen LogP contribution in [-0.4, -0.2) is 29.8 Å². The van der Waals surface area contributed by atoms with Gasteiger partial charge in [0.1, 0.15) is 0 Å². The quantitative estimate of drug-likeness (QED) is 0.591. The second-order valence-electron chi connectivity index (χ2n) is 2.77. The summed E-state index contributed by atoms with van der Waals surface area (Å²) in [5.74, 6) is -0.941. The molecule has 0 aromatic rings. The molecule has 3 nitrogen and oxygen atoms in total. The minimum atomic E-state index is -1.43. The van der Waals surface area contributed by atoms with Crippen molar-refractivity contribution in [3.8, 4) is 0 Å². The van der Waals surface area contributed by atoms with Gasteiger partial charge >= 0.3 is 0 Å². The molecule has 1 fully saturated rings. The summed E-state index contributed by atoms with van der Waals surface area (Å²) in [6.07, 6.45) is -0.859. The van der Waals surface area contributed by atoms with Crippen LogP contribution in [0, 0.1) is 5.92 Å². The lowest BCUT2D eigenvalue weighted by Gasteiger charge is -2.14. The van der Waals surface area contributed by atoms with Crippen molar-refractivity contribution >= 4 is 5.91 Å². The van der Waals surface area contributed by atoms with Gasteiger partial charge in [0.25, 0.3) is 5.91 Å². The number of halogens is 1. The maximum Gasteiger partial charge on any atom is 0.255 e. The van der Waals surface area contributed by atoms with E-state index in [0.717, 1.165) is 0 Å². The van der Waals surface area contributed by atoms with E-state index in [0.29, 0.717) is 6.42 Å². The molecule has 1 rings (SSSR count). The predicted molar refractivity (Wildman–Crippen MR) is 37.7 cm³/mol. The Hall–Kier alpha value is -0.640. The van der Waals surface area contributed by atoms with Gasteiger partial charge in [-0.25, -0.2) is 4.39 Å². The molecule has 0 unspecified atom stereocenters. The third kappa shape index (κ3) is 1.35. The number of amides is 1. The highest BCUT2D eigenvalue weighted by Crippen LogP contribution is 2.22. The molecule has 11 heavy (non-hydrogen) atoms. The molecule has 0 radical (unpaired) electrons. The van der Waals surface area contributed by atoms with Gasteiger partial charge in [0.2, 0.25) is 0 Å². The van der Waals surface area contributed by atoms with Crippen molar-refractivity contribution in [1.29, 1.82) is 0 Å². The van der Waals surface area contributed by atoms with Crippen LogP contribution in [0.15, 0.2) is 0 Å². The van der Waals surface area contributed by atoms with Gasteiger partial charge in [0, 0.05) is 5.92 Å². The normalized spacial score (nSPS) is 37.4. The maximum absolute atomic E-state index is 12.9. The van der Waals surface area contributed by atoms with Crippen molar-refractivity contribution in [1.82, 2.24) is 5.32 Å². The molecule has 0 aliphatic carbocycles. The highest BCUT2D eigenvalue weighted by atomic mass is 19.1. The zero-order valence-corrected chi connectivity index (χ0v) is 6.38. The summed E-state index contributed by atoms with van der Waals surface area (Å²) < 4.78 is 12.9. The van der Waals surface area contributed by atoms with Gasteiger partial charge in [-0.3, -0.25) is 4.79 Å². The molecular formula is C7H12FNO2. The lowest BCUT2D eigenvalue weighted by atomic mass is 9.97. The molecule has 1 saturated heterocycles. The third-order valence-corrected chi connectivity index (χ3v) is 2.14. The van der Waals surface area contributed by atoms with Gasteiger partial charge in [-0.15, -0.1) is 0 Å². The Kier molecular flexibility index (Phi) is 2.44. The topological polar surface area (TPSA) is 49.3 Å². The molecule has 1 heterocycles. The summed E-state index contributed by atoms with van der Waals surface area (Å²) in [4.78, 5) is 10.7. The van der Waals surface area contributed by atoms with E-state index in [-0.39, 0.29) is 18.6 Å². The second-order valence-corrected chi connectivity index (χ2v) is 2.77. The Morgan fingerprint density at radius 2 is 2.36 bits per heavy atom. The molecule has 0 saturated carbocycles. The molecule has 0 bridgehead atoms. The Bertz CT molecular complexity index is 163. The fraction of sp³-hybridized carbons (Fsp3) is 0.857. The highest BCUT2D eigenvalue weighted by Gasteiger charge is 2.40. The highest BCUT2D eigenvalue weighted by molar-refractivity contribution is 5.83. The van der Waals surface area contributed by atoms with E-state index in [1.165, 1.54) is 0 Å². The first-order valence-corrected chi connectivity index (χ1v) is 3.76. The fourth-order valence-electron chi connectivity index (χ4n) is 1.44. The van der Waals surface area contributed by atoms with Crippen LogP contribution in [-0.2, 0) is 4.79 Å². The van der Waals surface area contributed by atoms with Crippen molar-refractivity contribution in [3.05, 3.63) is 0 Å². The van der Waals surface area contributed by atoms with Crippen molar-refractivity contribution in [3.63, 3.8) is 0 Å². The van der Waals surface area contributed by atoms with Crippen molar-refractivity contribution in [2.45, 2.75) is 25.6 Å². The smallest absolute Gasteiger partial charge is 0.255 e. The fourth-order valence-corrected chi connectivity index (χ4v) is 1.44. The van der Waals surface area contributed by atoms with Crippen LogP contribution in [0.25, 0.3) is 0 Å². The van der Waals surface area contributed by atoms with Gasteiger partial charge in [0.05, 0.1) is 12.6 Å². The summed E-state index contributed by atoms with van der Waals surface area (Å²) in [5.41, 5.74) is 0. The first-order chi connectivity index (χ1) is 5.20. The van der Waals surface area contributed by atoms with Crippen molar-refractivity contribution in [2.24, 2.45) is 5.92 Å². The molecule has 0 aromatic heterocycles. The van der Waals surface area contributed by atoms with Crippen LogP contribution < -0.4 is 5.32 Å². The Morgan fingerprint density at radius 3 is 2.73 bits per heavy atom. The van der Waals surface area contributed by atoms with Crippen LogP contribution in [0.3, 0.4) is 0 Å². The Morgan fingerprint density at radius 1 is 1.73 bits per heavy atom. The number of alkyl halides is 1. The first kappa shape index (κ1) is 8.46. The number of carbonyl (C=O) groups is 1. The van der Waals surface area contributed by atoms with Crippen LogP contribution in [0.4, 0.5) is 4.39 Å². The molecule has 0 spiro atoms. The van der Waals surface area contributed by atoms with Crippen molar-refractivity contribution < 1.29 is 14.3 Å². The van der Waals surface area contributed by atoms with Gasteiger partial charge in [0.15, 0.2) is 6.17 Å². The van der Waals surface area contributed by atoms with Crippen LogP contribution in [0.5, 0.6) is 0 Å². The summed E-state index contributed by atoms with van der Waals surface area (Å²) in [6, 6.07) is -0.387. The molecule has 1 aliphatic heterocycles. The van der Waals surface area contributed by atoms with Crippen molar-refractivity contribution in [2.75, 3.05) is 6.61 Å². The summed E-state index contributed by atoms with van der Waals surface area (Å²) in [6.45, 7) is 1.63. The number of nitrogens with one attached hydrogen (secondary N) is 1. The lowest BCUT2D eigenvalue weighted by Crippen LogP contribution is -2.32. The molecule has 3 atom stereocenters. The summed E-state index contributed by atoms with van der Waals surface area (Å²) in [5, 5.41) is 11.1. The van der Waals surface area contributed by atoms with Gasteiger partial charge in [-0.2, -0.15) is 0 Å². The molecule has 1 aliphatic rings. The van der Waals surface area contributed by atoms with E-state index in [4.69, 9.17) is 5.11 Å². The first-order valence-electron chi connectivity index (χ1n) is 3.76. The lowest BCUT2D eigenvalue weighted by molar-refractivity contribution is -0.123. The average molecular weight is 161 g/mol. The molecule has 0 aromatic carbocycles. The summed E-state index contributed by atoms with van der Waals surface area (Å²) in [7, 11) is 0. The molecule has 2 N–H and O–H groups in total. The largest absolute Gasteiger partial charge is 0.394 e. The third-order valence-electron chi connectivity index (χ3n) is 2.14. The number of aliphatic hydroxyl groups is 1. The van der Waals surface area contributed by atoms with Crippen LogP contribution >= 0.6 is 0 Å². The van der Waals surface area contributed by atoms with Gasteiger partial charge in [-0.1, -0.05) is 6.92 Å². The molecule has 1 amide bonds. The molecule has 4 heteroatoms. The number of carbonyl (C=O) groups excluding carboxylic acids is 1. The second kappa shape index (κ2) is 3.17. The van der Waals surface area contributed by atoms with E-state index < -0.39 is 12.1 Å². The monoisotopic (exact) mass is 161 g/mol. The summed E-state index contributed by atoms with van der Waals surface area (Å²) >= 11 is 0. The minimum Gasteiger partial charge on any atom is -0.394 e. The standard InChI is InChI=1S/C7H12FNO2/c1-2-4-5(3-10)9-7(11)6(4)8/h4-6,10H,2-3H2,1H3,(H,9,11)/t4-,5+,6-/m0/s1. The number of hydrogen-bond acceptors (Lipinski definition) is 2. The van der Waals surface area contributed by atoms with E-state index in [2.05, 4.69) is 5.32 Å². The van der Waals surface area contributed by atoms with Gasteiger partial charge in [-0.05, 0) is 6.42 Å². The van der Waals surface area contributed by atoms with E-state index in [9.17, 15) is 9.18 Å².